The minimum absolute atomic E-state index is 0.126. The van der Waals surface area contributed by atoms with E-state index in [1.54, 1.807) is 13.0 Å². The molecule has 0 spiro atoms. The van der Waals surface area contributed by atoms with Crippen molar-refractivity contribution >= 4 is 0 Å². The molecule has 1 aromatic carbocycles. The van der Waals surface area contributed by atoms with Gasteiger partial charge in [-0.05, 0) is 38.5 Å². The molecule has 16 heavy (non-hydrogen) atoms. The van der Waals surface area contributed by atoms with Gasteiger partial charge in [-0.3, -0.25) is 0 Å². The molecule has 0 aliphatic carbocycles. The number of hydrogen-bond acceptors (Lipinski definition) is 4. The normalized spacial score (nSPS) is 13.8. The van der Waals surface area contributed by atoms with Crippen LogP contribution >= 0.6 is 0 Å². The highest BCUT2D eigenvalue weighted by atomic mass is 16.3. The zero-order valence-electron chi connectivity index (χ0n) is 9.86. The smallest absolute Gasteiger partial charge is 0.157 e. The topological polar surface area (TPSA) is 72.7 Å². The minimum atomic E-state index is -0.474. The lowest BCUT2D eigenvalue weighted by Crippen LogP contribution is -2.47. The lowest BCUT2D eigenvalue weighted by atomic mass is 9.98. The van der Waals surface area contributed by atoms with Gasteiger partial charge in [0.2, 0.25) is 0 Å². The molecule has 0 aromatic heterocycles. The summed E-state index contributed by atoms with van der Waals surface area (Å²) in [5, 5.41) is 31.1. The van der Waals surface area contributed by atoms with Crippen LogP contribution in [-0.4, -0.2) is 27.0 Å². The van der Waals surface area contributed by atoms with E-state index in [1.807, 2.05) is 13.8 Å². The molecule has 4 heteroatoms. The van der Waals surface area contributed by atoms with Crippen molar-refractivity contribution in [2.45, 2.75) is 39.0 Å². The molecule has 0 fully saturated rings. The third kappa shape index (κ3) is 3.12. The Labute approximate surface area is 95.6 Å². The van der Waals surface area contributed by atoms with Gasteiger partial charge in [-0.2, -0.15) is 0 Å². The number of aliphatic hydroxyl groups excluding tert-OH is 1. The Hall–Kier alpha value is -1.26. The number of phenolic OH excluding ortho intramolecular Hbond substituents is 2. The van der Waals surface area contributed by atoms with Crippen molar-refractivity contribution in [1.82, 2.24) is 5.32 Å². The van der Waals surface area contributed by atoms with Gasteiger partial charge in [0.25, 0.3) is 0 Å². The first-order valence-corrected chi connectivity index (χ1v) is 5.27. The molecule has 4 N–H and O–H groups in total. The molecule has 0 saturated heterocycles. The summed E-state index contributed by atoms with van der Waals surface area (Å²) in [6.07, 6.45) is -0.474. The summed E-state index contributed by atoms with van der Waals surface area (Å²) < 4.78 is 0. The molecule has 1 atom stereocenters. The van der Waals surface area contributed by atoms with Crippen LogP contribution in [0.3, 0.4) is 0 Å². The van der Waals surface area contributed by atoms with Crippen LogP contribution < -0.4 is 5.32 Å². The molecule has 0 amide bonds. The minimum Gasteiger partial charge on any atom is -0.504 e. The second kappa shape index (κ2) is 4.72. The van der Waals surface area contributed by atoms with Crippen LogP contribution in [0.1, 0.15) is 26.3 Å². The largest absolute Gasteiger partial charge is 0.504 e. The summed E-state index contributed by atoms with van der Waals surface area (Å²) in [5.41, 5.74) is 0.456. The van der Waals surface area contributed by atoms with Crippen LogP contribution in [0.25, 0.3) is 0 Å². The molecule has 0 aliphatic rings. The fourth-order valence-electron chi connectivity index (χ4n) is 1.16. The van der Waals surface area contributed by atoms with Gasteiger partial charge in [0.15, 0.2) is 11.5 Å². The monoisotopic (exact) mass is 225 g/mol. The Morgan fingerprint density at radius 2 is 1.88 bits per heavy atom. The van der Waals surface area contributed by atoms with E-state index in [0.717, 1.165) is 5.56 Å². The van der Waals surface area contributed by atoms with Gasteiger partial charge >= 0.3 is 0 Å². The van der Waals surface area contributed by atoms with Crippen LogP contribution in [-0.2, 0) is 6.54 Å². The third-order valence-electron chi connectivity index (χ3n) is 2.83. The maximum atomic E-state index is 9.50. The van der Waals surface area contributed by atoms with Crippen LogP contribution in [0.15, 0.2) is 18.2 Å². The van der Waals surface area contributed by atoms with Gasteiger partial charge < -0.3 is 20.6 Å². The first-order chi connectivity index (χ1) is 7.33. The predicted molar refractivity (Wildman–Crippen MR) is 62.4 cm³/mol. The molecule has 4 nitrogen and oxygen atoms in total. The van der Waals surface area contributed by atoms with E-state index in [9.17, 15) is 10.2 Å². The molecule has 1 aromatic rings. The van der Waals surface area contributed by atoms with Crippen LogP contribution in [0.4, 0.5) is 0 Å². The van der Waals surface area contributed by atoms with Gasteiger partial charge in [-0.15, -0.1) is 0 Å². The Morgan fingerprint density at radius 1 is 1.25 bits per heavy atom. The Kier molecular flexibility index (Phi) is 3.78. The van der Waals surface area contributed by atoms with E-state index in [2.05, 4.69) is 5.32 Å². The highest BCUT2D eigenvalue weighted by Crippen LogP contribution is 2.25. The first kappa shape index (κ1) is 12.8. The van der Waals surface area contributed by atoms with Crippen molar-refractivity contribution in [3.8, 4) is 11.5 Å². The second-order valence-electron chi connectivity index (χ2n) is 4.57. The Morgan fingerprint density at radius 3 is 2.38 bits per heavy atom. The number of aromatic hydroxyl groups is 2. The maximum Gasteiger partial charge on any atom is 0.157 e. The van der Waals surface area contributed by atoms with Crippen molar-refractivity contribution < 1.29 is 15.3 Å². The summed E-state index contributed by atoms with van der Waals surface area (Å²) in [4.78, 5) is 0. The second-order valence-corrected chi connectivity index (χ2v) is 4.57. The van der Waals surface area contributed by atoms with Gasteiger partial charge in [-0.25, -0.2) is 0 Å². The highest BCUT2D eigenvalue weighted by Gasteiger charge is 2.22. The predicted octanol–water partition coefficient (Wildman–Crippen LogP) is 1.35. The molecule has 1 rings (SSSR count). The van der Waals surface area contributed by atoms with Crippen LogP contribution in [0, 0.1) is 0 Å². The molecule has 0 aliphatic heterocycles. The zero-order chi connectivity index (χ0) is 12.3. The zero-order valence-corrected chi connectivity index (χ0v) is 9.86. The summed E-state index contributed by atoms with van der Waals surface area (Å²) in [6, 6.07) is 4.67. The maximum absolute atomic E-state index is 9.50. The average Bonchev–Trinajstić information content (AvgIpc) is 2.20. The first-order valence-electron chi connectivity index (χ1n) is 5.27. The number of benzene rings is 1. The molecule has 90 valence electrons. The van der Waals surface area contributed by atoms with E-state index in [4.69, 9.17) is 5.11 Å². The summed E-state index contributed by atoms with van der Waals surface area (Å²) in [7, 11) is 0. The average molecular weight is 225 g/mol. The van der Waals surface area contributed by atoms with E-state index in [-0.39, 0.29) is 11.5 Å². The molecule has 0 heterocycles. The van der Waals surface area contributed by atoms with E-state index < -0.39 is 11.6 Å². The van der Waals surface area contributed by atoms with Crippen molar-refractivity contribution in [3.63, 3.8) is 0 Å². The molecule has 1 unspecified atom stereocenters. The molecule has 0 saturated carbocycles. The van der Waals surface area contributed by atoms with E-state index in [1.165, 1.54) is 12.1 Å². The van der Waals surface area contributed by atoms with E-state index >= 15 is 0 Å². The van der Waals surface area contributed by atoms with Crippen molar-refractivity contribution in [3.05, 3.63) is 23.8 Å². The van der Waals surface area contributed by atoms with Crippen molar-refractivity contribution in [2.75, 3.05) is 0 Å². The number of phenols is 2. The van der Waals surface area contributed by atoms with Crippen molar-refractivity contribution in [2.24, 2.45) is 0 Å². The summed E-state index contributed by atoms with van der Waals surface area (Å²) >= 11 is 0. The lowest BCUT2D eigenvalue weighted by molar-refractivity contribution is 0.0956. The number of aliphatic hydroxyl groups is 1. The summed E-state index contributed by atoms with van der Waals surface area (Å²) in [5.74, 6) is -0.257. The fourth-order valence-corrected chi connectivity index (χ4v) is 1.16. The third-order valence-corrected chi connectivity index (χ3v) is 2.83. The van der Waals surface area contributed by atoms with Crippen LogP contribution in [0.2, 0.25) is 0 Å². The van der Waals surface area contributed by atoms with Gasteiger partial charge in [0, 0.05) is 12.1 Å². The summed E-state index contributed by atoms with van der Waals surface area (Å²) in [6.45, 7) is 6.04. The molecular formula is C12H19NO3. The number of rotatable bonds is 4. The fraction of sp³-hybridized carbons (Fsp3) is 0.500. The number of hydrogen-bond donors (Lipinski definition) is 4. The standard InChI is InChI=1S/C12H19NO3/c1-8(14)12(2,3)13-7-9-4-5-10(15)11(16)6-9/h4-6,8,13-16H,7H2,1-3H3. The molecular weight excluding hydrogens is 206 g/mol. The van der Waals surface area contributed by atoms with Gasteiger partial charge in [0.05, 0.1) is 6.10 Å². The Balaban J connectivity index is 2.65. The quantitative estimate of drug-likeness (QED) is 0.584. The Bertz CT molecular complexity index is 361. The van der Waals surface area contributed by atoms with Crippen LogP contribution in [0.5, 0.6) is 11.5 Å². The van der Waals surface area contributed by atoms with Gasteiger partial charge in [0.1, 0.15) is 0 Å². The van der Waals surface area contributed by atoms with Crippen molar-refractivity contribution in [1.29, 1.82) is 0 Å². The number of nitrogens with one attached hydrogen (secondary N) is 1. The SMILES string of the molecule is CC(O)C(C)(C)NCc1ccc(O)c(O)c1. The molecule has 0 bridgehead atoms. The van der Waals surface area contributed by atoms with E-state index in [0.29, 0.717) is 6.54 Å². The van der Waals surface area contributed by atoms with Gasteiger partial charge in [-0.1, -0.05) is 6.07 Å². The molecule has 0 radical (unpaired) electrons. The highest BCUT2D eigenvalue weighted by molar-refractivity contribution is 5.40. The lowest BCUT2D eigenvalue weighted by Gasteiger charge is -2.29.